The van der Waals surface area contributed by atoms with Gasteiger partial charge in [0.25, 0.3) is 0 Å². The molecule has 0 fully saturated rings. The Morgan fingerprint density at radius 2 is 1.52 bits per heavy atom. The normalized spacial score (nSPS) is 16.0. The number of hydrogen-bond acceptors (Lipinski definition) is 8. The van der Waals surface area contributed by atoms with Crippen LogP contribution in [0.3, 0.4) is 0 Å². The van der Waals surface area contributed by atoms with Crippen LogP contribution >= 0.6 is 11.6 Å². The average Bonchev–Trinajstić information content (AvgIpc) is 2.83. The third kappa shape index (κ3) is 6.05. The van der Waals surface area contributed by atoms with E-state index >= 15 is 0 Å². The van der Waals surface area contributed by atoms with E-state index in [0.717, 1.165) is 22.4 Å². The van der Waals surface area contributed by atoms with Crippen LogP contribution in [0.25, 0.3) is 22.4 Å². The van der Waals surface area contributed by atoms with Crippen molar-refractivity contribution in [1.29, 1.82) is 0 Å². The van der Waals surface area contributed by atoms with Gasteiger partial charge in [0.1, 0.15) is 23.1 Å². The second kappa shape index (κ2) is 11.0. The van der Waals surface area contributed by atoms with Crippen LogP contribution in [0.2, 0.25) is 5.15 Å². The number of hydrogen-bond donors (Lipinski definition) is 5. The lowest BCUT2D eigenvalue weighted by atomic mass is 9.97. The monoisotopic (exact) mass is 474 g/mol. The molecule has 9 heteroatoms. The van der Waals surface area contributed by atoms with Crippen molar-refractivity contribution in [3.8, 4) is 28.1 Å². The van der Waals surface area contributed by atoms with Gasteiger partial charge in [0, 0.05) is 30.5 Å². The Balaban J connectivity index is 1.76. The fraction of sp³-hybridized carbons (Fsp3) is 0.333. The second-order valence-corrected chi connectivity index (χ2v) is 8.30. The van der Waals surface area contributed by atoms with Gasteiger partial charge in [0.05, 0.1) is 11.8 Å². The van der Waals surface area contributed by atoms with Crippen molar-refractivity contribution in [3.63, 3.8) is 0 Å². The number of benzene rings is 1. The molecule has 0 bridgehead atoms. The van der Waals surface area contributed by atoms with Gasteiger partial charge in [-0.05, 0) is 60.0 Å². The maximum absolute atomic E-state index is 10.2. The molecule has 0 radical (unpaired) electrons. The fourth-order valence-corrected chi connectivity index (χ4v) is 3.48. The van der Waals surface area contributed by atoms with Crippen LogP contribution in [-0.2, 0) is 0 Å². The van der Waals surface area contributed by atoms with Crippen molar-refractivity contribution < 1.29 is 30.3 Å². The summed E-state index contributed by atoms with van der Waals surface area (Å²) in [6.45, 7) is 2.90. The third-order valence-corrected chi connectivity index (χ3v) is 5.61. The Labute approximate surface area is 196 Å². The first-order chi connectivity index (χ1) is 15.7. The van der Waals surface area contributed by atoms with Crippen LogP contribution in [0.15, 0.2) is 54.9 Å². The fourth-order valence-electron chi connectivity index (χ4n) is 3.31. The van der Waals surface area contributed by atoms with Crippen molar-refractivity contribution in [2.45, 2.75) is 38.4 Å². The Morgan fingerprint density at radius 3 is 2.18 bits per heavy atom. The number of aryl methyl sites for hydroxylation is 1. The van der Waals surface area contributed by atoms with Gasteiger partial charge in [0.2, 0.25) is 6.29 Å². The highest BCUT2D eigenvalue weighted by Gasteiger charge is 2.34. The first-order valence-electron chi connectivity index (χ1n) is 10.4. The summed E-state index contributed by atoms with van der Waals surface area (Å²) in [6.07, 6.45) is -3.37. The molecular weight excluding hydrogens is 448 g/mol. The predicted molar refractivity (Wildman–Crippen MR) is 124 cm³/mol. The molecular formula is C24H27ClN2O6. The van der Waals surface area contributed by atoms with Gasteiger partial charge in [-0.1, -0.05) is 24.6 Å². The van der Waals surface area contributed by atoms with Gasteiger partial charge in [-0.3, -0.25) is 4.98 Å². The van der Waals surface area contributed by atoms with Crippen molar-refractivity contribution in [2.24, 2.45) is 5.92 Å². The van der Waals surface area contributed by atoms with Gasteiger partial charge in [-0.2, -0.15) is 0 Å². The topological polar surface area (TPSA) is 136 Å². The van der Waals surface area contributed by atoms with Gasteiger partial charge in [0.15, 0.2) is 0 Å². The number of aromatic nitrogens is 2. The zero-order chi connectivity index (χ0) is 24.1. The van der Waals surface area contributed by atoms with E-state index in [1.807, 2.05) is 24.3 Å². The Bertz CT molecular complexity index is 1080. The van der Waals surface area contributed by atoms with Crippen LogP contribution in [0, 0.1) is 12.8 Å². The van der Waals surface area contributed by atoms with Gasteiger partial charge in [-0.15, -0.1) is 0 Å². The SMILES string of the molecule is Cc1cc(-c2ccnc(-c3ccnc(Cl)c3)c2)ccc1OC(O)C(O)C(O)C(O)C(C)CO. The summed E-state index contributed by atoms with van der Waals surface area (Å²) in [4.78, 5) is 8.37. The molecule has 0 amide bonds. The minimum atomic E-state index is -1.78. The van der Waals surface area contributed by atoms with E-state index in [9.17, 15) is 20.4 Å². The molecule has 3 rings (SSSR count). The highest BCUT2D eigenvalue weighted by molar-refractivity contribution is 6.29. The lowest BCUT2D eigenvalue weighted by molar-refractivity contribution is -0.172. The van der Waals surface area contributed by atoms with E-state index in [-0.39, 0.29) is 6.61 Å². The maximum Gasteiger partial charge on any atom is 0.226 e. The third-order valence-electron chi connectivity index (χ3n) is 5.40. The maximum atomic E-state index is 10.2. The predicted octanol–water partition coefficient (Wildman–Crippen LogP) is 2.18. The summed E-state index contributed by atoms with van der Waals surface area (Å²) >= 11 is 5.98. The minimum Gasteiger partial charge on any atom is -0.462 e. The van der Waals surface area contributed by atoms with Crippen LogP contribution in [0.1, 0.15) is 12.5 Å². The molecule has 33 heavy (non-hydrogen) atoms. The standard InChI is InChI=1S/C24H27ClN2O6/c1-13-9-15(16-5-7-26-18(10-16)17-6-8-27-20(25)11-17)3-4-19(13)33-24(32)23(31)22(30)21(29)14(2)12-28/h3-11,14,21-24,28-32H,12H2,1-2H3. The Hall–Kier alpha value is -2.59. The summed E-state index contributed by atoms with van der Waals surface area (Å²) in [5.74, 6) is -0.381. The molecule has 5 atom stereocenters. The zero-order valence-electron chi connectivity index (χ0n) is 18.2. The highest BCUT2D eigenvalue weighted by Crippen LogP contribution is 2.30. The molecule has 2 heterocycles. The van der Waals surface area contributed by atoms with E-state index in [4.69, 9.17) is 21.4 Å². The zero-order valence-corrected chi connectivity index (χ0v) is 19.0. The summed E-state index contributed by atoms with van der Waals surface area (Å²) in [6, 6.07) is 12.6. The lowest BCUT2D eigenvalue weighted by Gasteiger charge is -2.29. The number of aliphatic hydroxyl groups excluding tert-OH is 5. The molecule has 176 valence electrons. The molecule has 2 aromatic heterocycles. The van der Waals surface area contributed by atoms with Gasteiger partial charge in [-0.25, -0.2) is 4.98 Å². The summed E-state index contributed by atoms with van der Waals surface area (Å²) in [5.41, 5.74) is 4.04. The molecule has 3 aromatic rings. The number of pyridine rings is 2. The molecule has 5 unspecified atom stereocenters. The Kier molecular flexibility index (Phi) is 8.36. The second-order valence-electron chi connectivity index (χ2n) is 7.92. The smallest absolute Gasteiger partial charge is 0.226 e. The summed E-state index contributed by atoms with van der Waals surface area (Å²) in [7, 11) is 0. The molecule has 1 aromatic carbocycles. The van der Waals surface area contributed by atoms with E-state index in [1.54, 1.807) is 37.5 Å². The molecule has 0 saturated heterocycles. The molecule has 0 aliphatic rings. The van der Waals surface area contributed by atoms with Crippen molar-refractivity contribution >= 4 is 11.6 Å². The van der Waals surface area contributed by atoms with Crippen LogP contribution < -0.4 is 4.74 Å². The van der Waals surface area contributed by atoms with Crippen molar-refractivity contribution in [2.75, 3.05) is 6.61 Å². The number of ether oxygens (including phenoxy) is 1. The van der Waals surface area contributed by atoms with Crippen molar-refractivity contribution in [3.05, 3.63) is 65.6 Å². The van der Waals surface area contributed by atoms with E-state index in [0.29, 0.717) is 16.5 Å². The average molecular weight is 475 g/mol. The molecule has 5 N–H and O–H groups in total. The van der Waals surface area contributed by atoms with E-state index in [2.05, 4.69) is 9.97 Å². The first kappa shape index (κ1) is 25.0. The van der Waals surface area contributed by atoms with Crippen molar-refractivity contribution in [1.82, 2.24) is 9.97 Å². The molecule has 0 saturated carbocycles. The largest absolute Gasteiger partial charge is 0.462 e. The number of aliphatic hydroxyl groups is 5. The van der Waals surface area contributed by atoms with E-state index in [1.165, 1.54) is 6.92 Å². The quantitative estimate of drug-likeness (QED) is 0.235. The van der Waals surface area contributed by atoms with Crippen LogP contribution in [-0.4, -0.2) is 66.7 Å². The van der Waals surface area contributed by atoms with Gasteiger partial charge >= 0.3 is 0 Å². The Morgan fingerprint density at radius 1 is 0.848 bits per heavy atom. The van der Waals surface area contributed by atoms with Gasteiger partial charge < -0.3 is 30.3 Å². The minimum absolute atomic E-state index is 0.303. The number of rotatable bonds is 9. The molecule has 0 aliphatic heterocycles. The first-order valence-corrected chi connectivity index (χ1v) is 10.8. The van der Waals surface area contributed by atoms with Crippen LogP contribution in [0.5, 0.6) is 5.75 Å². The molecule has 0 spiro atoms. The lowest BCUT2D eigenvalue weighted by Crippen LogP contribution is -2.49. The van der Waals surface area contributed by atoms with E-state index < -0.39 is 30.5 Å². The summed E-state index contributed by atoms with van der Waals surface area (Å²) in [5, 5.41) is 49.9. The number of nitrogens with zero attached hydrogens (tertiary/aromatic N) is 2. The molecule has 0 aliphatic carbocycles. The highest BCUT2D eigenvalue weighted by atomic mass is 35.5. The summed E-state index contributed by atoms with van der Waals surface area (Å²) < 4.78 is 5.43. The molecule has 8 nitrogen and oxygen atoms in total. The number of halogens is 1. The van der Waals surface area contributed by atoms with Crippen LogP contribution in [0.4, 0.5) is 0 Å².